The molecule has 1 amide bonds. The number of carbonyl (C=O) groups excluding carboxylic acids is 1. The maximum absolute atomic E-state index is 12.8. The number of halogens is 1. The third kappa shape index (κ3) is 4.82. The zero-order chi connectivity index (χ0) is 13.5. The predicted octanol–water partition coefficient (Wildman–Crippen LogP) is 1.18. The van der Waals surface area contributed by atoms with Gasteiger partial charge in [-0.05, 0) is 19.1 Å². The third-order valence-corrected chi connectivity index (χ3v) is 2.14. The Balaban J connectivity index is 2.29. The van der Waals surface area contributed by atoms with Crippen LogP contribution in [0.3, 0.4) is 0 Å². The second kappa shape index (κ2) is 6.58. The molecule has 0 bridgehead atoms. The van der Waals surface area contributed by atoms with E-state index in [1.165, 1.54) is 25.1 Å². The lowest BCUT2D eigenvalue weighted by atomic mass is 10.3. The summed E-state index contributed by atoms with van der Waals surface area (Å²) in [6, 6.07) is 4.62. The van der Waals surface area contributed by atoms with E-state index in [4.69, 9.17) is 9.84 Å². The summed E-state index contributed by atoms with van der Waals surface area (Å²) >= 11 is 0. The van der Waals surface area contributed by atoms with Gasteiger partial charge in [0.1, 0.15) is 17.6 Å². The van der Waals surface area contributed by atoms with Crippen LogP contribution in [0.4, 0.5) is 4.39 Å². The quantitative estimate of drug-likeness (QED) is 0.800. The fourth-order valence-electron chi connectivity index (χ4n) is 1.19. The van der Waals surface area contributed by atoms with E-state index in [1.54, 1.807) is 6.07 Å². The number of nitrogens with one attached hydrogen (secondary N) is 1. The minimum Gasteiger partial charge on any atom is -0.493 e. The third-order valence-electron chi connectivity index (χ3n) is 2.14. The van der Waals surface area contributed by atoms with Crippen LogP contribution in [0.25, 0.3) is 0 Å². The van der Waals surface area contributed by atoms with Crippen LogP contribution in [-0.2, 0) is 9.59 Å². The SMILES string of the molecule is C[C@H](NC(=O)CCOc1cccc(F)c1)C(=O)O. The van der Waals surface area contributed by atoms with E-state index in [0.717, 1.165) is 0 Å². The molecule has 98 valence electrons. The lowest BCUT2D eigenvalue weighted by molar-refractivity contribution is -0.141. The van der Waals surface area contributed by atoms with Crippen molar-refractivity contribution in [3.05, 3.63) is 30.1 Å². The van der Waals surface area contributed by atoms with Crippen molar-refractivity contribution in [2.45, 2.75) is 19.4 Å². The molecule has 2 N–H and O–H groups in total. The number of rotatable bonds is 6. The predicted molar refractivity (Wildman–Crippen MR) is 61.8 cm³/mol. The van der Waals surface area contributed by atoms with Gasteiger partial charge in [0, 0.05) is 6.07 Å². The van der Waals surface area contributed by atoms with Gasteiger partial charge in [0.2, 0.25) is 5.91 Å². The number of ether oxygens (including phenoxy) is 1. The molecule has 0 aliphatic carbocycles. The number of hydrogen-bond acceptors (Lipinski definition) is 3. The molecule has 0 aliphatic rings. The Bertz CT molecular complexity index is 436. The summed E-state index contributed by atoms with van der Waals surface area (Å²) in [6.45, 7) is 1.43. The molecule has 18 heavy (non-hydrogen) atoms. The molecule has 1 atom stereocenters. The normalized spacial score (nSPS) is 11.7. The van der Waals surface area contributed by atoms with E-state index in [-0.39, 0.29) is 13.0 Å². The zero-order valence-corrected chi connectivity index (χ0v) is 9.85. The average Bonchev–Trinajstić information content (AvgIpc) is 2.28. The van der Waals surface area contributed by atoms with Gasteiger partial charge < -0.3 is 15.2 Å². The first-order valence-corrected chi connectivity index (χ1v) is 5.39. The fraction of sp³-hybridized carbons (Fsp3) is 0.333. The standard InChI is InChI=1S/C12H14FNO4/c1-8(12(16)17)14-11(15)5-6-18-10-4-2-3-9(13)7-10/h2-4,7-8H,5-6H2,1H3,(H,14,15)(H,16,17)/t8-/m0/s1. The van der Waals surface area contributed by atoms with Gasteiger partial charge in [-0.2, -0.15) is 0 Å². The second-order valence-corrected chi connectivity index (χ2v) is 3.68. The van der Waals surface area contributed by atoms with E-state index >= 15 is 0 Å². The maximum Gasteiger partial charge on any atom is 0.325 e. The lowest BCUT2D eigenvalue weighted by Gasteiger charge is -2.09. The largest absolute Gasteiger partial charge is 0.493 e. The van der Waals surface area contributed by atoms with Crippen molar-refractivity contribution in [1.82, 2.24) is 5.32 Å². The van der Waals surface area contributed by atoms with Crippen LogP contribution >= 0.6 is 0 Å². The molecule has 0 aromatic heterocycles. The van der Waals surface area contributed by atoms with Crippen LogP contribution in [0.5, 0.6) is 5.75 Å². The Labute approximate surface area is 104 Å². The molecule has 0 saturated heterocycles. The molecule has 0 spiro atoms. The maximum atomic E-state index is 12.8. The van der Waals surface area contributed by atoms with Crippen LogP contribution in [0.1, 0.15) is 13.3 Å². The summed E-state index contributed by atoms with van der Waals surface area (Å²) in [5, 5.41) is 10.9. The van der Waals surface area contributed by atoms with E-state index in [9.17, 15) is 14.0 Å². The van der Waals surface area contributed by atoms with Crippen molar-refractivity contribution in [3.8, 4) is 5.75 Å². The highest BCUT2D eigenvalue weighted by atomic mass is 19.1. The highest BCUT2D eigenvalue weighted by Gasteiger charge is 2.13. The molecule has 1 rings (SSSR count). The molecule has 1 aromatic carbocycles. The lowest BCUT2D eigenvalue weighted by Crippen LogP contribution is -2.38. The van der Waals surface area contributed by atoms with E-state index in [2.05, 4.69) is 5.32 Å². The van der Waals surface area contributed by atoms with Gasteiger partial charge in [-0.25, -0.2) is 4.39 Å². The first-order valence-electron chi connectivity index (χ1n) is 5.39. The number of carboxylic acids is 1. The van der Waals surface area contributed by atoms with Gasteiger partial charge in [0.05, 0.1) is 13.0 Å². The topological polar surface area (TPSA) is 75.6 Å². The molecular weight excluding hydrogens is 241 g/mol. The number of amides is 1. The average molecular weight is 255 g/mol. The molecule has 0 fully saturated rings. The van der Waals surface area contributed by atoms with E-state index in [0.29, 0.717) is 5.75 Å². The number of benzene rings is 1. The van der Waals surface area contributed by atoms with Gasteiger partial charge in [-0.3, -0.25) is 9.59 Å². The monoisotopic (exact) mass is 255 g/mol. The van der Waals surface area contributed by atoms with Crippen LogP contribution in [-0.4, -0.2) is 29.6 Å². The van der Waals surface area contributed by atoms with Crippen molar-refractivity contribution in [2.75, 3.05) is 6.61 Å². The van der Waals surface area contributed by atoms with Crippen LogP contribution in [0.2, 0.25) is 0 Å². The highest BCUT2D eigenvalue weighted by molar-refractivity contribution is 5.83. The first-order chi connectivity index (χ1) is 8.49. The Morgan fingerprint density at radius 3 is 2.83 bits per heavy atom. The Morgan fingerprint density at radius 2 is 2.22 bits per heavy atom. The van der Waals surface area contributed by atoms with Crippen molar-refractivity contribution in [1.29, 1.82) is 0 Å². The molecule has 0 radical (unpaired) electrons. The van der Waals surface area contributed by atoms with Crippen molar-refractivity contribution in [3.63, 3.8) is 0 Å². The molecule has 0 unspecified atom stereocenters. The molecular formula is C12H14FNO4. The van der Waals surface area contributed by atoms with Crippen molar-refractivity contribution >= 4 is 11.9 Å². The summed E-state index contributed by atoms with van der Waals surface area (Å²) in [6.07, 6.45) is 0.00807. The number of aliphatic carboxylic acids is 1. The highest BCUT2D eigenvalue weighted by Crippen LogP contribution is 2.11. The van der Waals surface area contributed by atoms with Crippen LogP contribution < -0.4 is 10.1 Å². The molecule has 0 heterocycles. The molecule has 5 nitrogen and oxygen atoms in total. The summed E-state index contributed by atoms with van der Waals surface area (Å²) in [5.41, 5.74) is 0. The molecule has 0 aliphatic heterocycles. The van der Waals surface area contributed by atoms with Gasteiger partial charge in [0.15, 0.2) is 0 Å². The number of hydrogen-bond donors (Lipinski definition) is 2. The summed E-state index contributed by atoms with van der Waals surface area (Å²) in [5.74, 6) is -1.62. The Morgan fingerprint density at radius 1 is 1.50 bits per heavy atom. The van der Waals surface area contributed by atoms with Gasteiger partial charge >= 0.3 is 5.97 Å². The van der Waals surface area contributed by atoms with E-state index < -0.39 is 23.7 Å². The molecule has 0 saturated carbocycles. The summed E-state index contributed by atoms with van der Waals surface area (Å²) in [7, 11) is 0. The van der Waals surface area contributed by atoms with Crippen LogP contribution in [0.15, 0.2) is 24.3 Å². The van der Waals surface area contributed by atoms with Gasteiger partial charge in [0.25, 0.3) is 0 Å². The summed E-state index contributed by atoms with van der Waals surface area (Å²) in [4.78, 5) is 21.8. The minimum atomic E-state index is -1.10. The number of carbonyl (C=O) groups is 2. The molecule has 6 heteroatoms. The smallest absolute Gasteiger partial charge is 0.325 e. The Kier molecular flexibility index (Phi) is 5.10. The van der Waals surface area contributed by atoms with Crippen molar-refractivity contribution in [2.24, 2.45) is 0 Å². The summed E-state index contributed by atoms with van der Waals surface area (Å²) < 4.78 is 17.9. The molecule has 1 aromatic rings. The fourth-order valence-corrected chi connectivity index (χ4v) is 1.19. The number of carboxylic acid groups (broad SMARTS) is 1. The van der Waals surface area contributed by atoms with Crippen LogP contribution in [0, 0.1) is 5.82 Å². The van der Waals surface area contributed by atoms with Gasteiger partial charge in [-0.15, -0.1) is 0 Å². The minimum absolute atomic E-state index is 0.00807. The second-order valence-electron chi connectivity index (χ2n) is 3.68. The van der Waals surface area contributed by atoms with Crippen molar-refractivity contribution < 1.29 is 23.8 Å². The van der Waals surface area contributed by atoms with E-state index in [1.807, 2.05) is 0 Å². The zero-order valence-electron chi connectivity index (χ0n) is 9.85. The Hall–Kier alpha value is -2.11. The first kappa shape index (κ1) is 14.0. The van der Waals surface area contributed by atoms with Gasteiger partial charge in [-0.1, -0.05) is 6.07 Å².